The lowest BCUT2D eigenvalue weighted by molar-refractivity contribution is -0.149. The largest absolute Gasteiger partial charge is 0.479 e. The van der Waals surface area contributed by atoms with Crippen LogP contribution in [0.3, 0.4) is 0 Å². The highest BCUT2D eigenvalue weighted by Crippen LogP contribution is 2.44. The van der Waals surface area contributed by atoms with E-state index in [0.29, 0.717) is 12.8 Å². The molecule has 2 amide bonds. The van der Waals surface area contributed by atoms with Gasteiger partial charge in [0, 0.05) is 24.9 Å². The van der Waals surface area contributed by atoms with E-state index in [1.165, 1.54) is 0 Å². The van der Waals surface area contributed by atoms with Gasteiger partial charge in [-0.15, -0.1) is 0 Å². The maximum absolute atomic E-state index is 12.6. The summed E-state index contributed by atoms with van der Waals surface area (Å²) >= 11 is 0. The number of hydrogen-bond donors (Lipinski definition) is 3. The zero-order valence-electron chi connectivity index (χ0n) is 20.0. The van der Waals surface area contributed by atoms with E-state index in [-0.39, 0.29) is 43.4 Å². The maximum atomic E-state index is 12.6. The molecule has 3 N–H and O–H groups in total. The Hall–Kier alpha value is -3.39. The molecule has 3 unspecified atom stereocenters. The minimum Gasteiger partial charge on any atom is -0.479 e. The van der Waals surface area contributed by atoms with Crippen molar-refractivity contribution < 1.29 is 29.0 Å². The van der Waals surface area contributed by atoms with Crippen LogP contribution in [0.4, 0.5) is 4.79 Å². The minimum absolute atomic E-state index is 0.0142. The van der Waals surface area contributed by atoms with Crippen LogP contribution in [0.15, 0.2) is 48.5 Å². The summed E-state index contributed by atoms with van der Waals surface area (Å²) in [4.78, 5) is 36.1. The Morgan fingerprint density at radius 3 is 2.23 bits per heavy atom. The van der Waals surface area contributed by atoms with Crippen molar-refractivity contribution in [3.63, 3.8) is 0 Å². The molecule has 0 bridgehead atoms. The van der Waals surface area contributed by atoms with Crippen molar-refractivity contribution in [2.45, 2.75) is 57.3 Å². The molecule has 0 aromatic heterocycles. The zero-order chi connectivity index (χ0) is 24.9. The van der Waals surface area contributed by atoms with Crippen molar-refractivity contribution in [3.8, 4) is 11.1 Å². The smallest absolute Gasteiger partial charge is 0.407 e. The molecule has 1 aliphatic heterocycles. The summed E-state index contributed by atoms with van der Waals surface area (Å²) in [7, 11) is 0. The average Bonchev–Trinajstić information content (AvgIpc) is 3.44. The van der Waals surface area contributed by atoms with E-state index in [0.717, 1.165) is 22.3 Å². The number of carboxylic acid groups (broad SMARTS) is 1. The zero-order valence-corrected chi connectivity index (χ0v) is 20.0. The van der Waals surface area contributed by atoms with Crippen LogP contribution in [0, 0.1) is 5.92 Å². The number of benzene rings is 2. The van der Waals surface area contributed by atoms with Gasteiger partial charge in [0.15, 0.2) is 6.10 Å². The Kier molecular flexibility index (Phi) is 7.70. The van der Waals surface area contributed by atoms with E-state index in [1.807, 2.05) is 38.1 Å². The third-order valence-corrected chi connectivity index (χ3v) is 6.77. The molecule has 1 fully saturated rings. The van der Waals surface area contributed by atoms with E-state index in [9.17, 15) is 14.4 Å². The number of hydrogen-bond acceptors (Lipinski definition) is 5. The van der Waals surface area contributed by atoms with Gasteiger partial charge in [0.2, 0.25) is 5.91 Å². The fourth-order valence-electron chi connectivity index (χ4n) is 4.78. The van der Waals surface area contributed by atoms with Crippen LogP contribution < -0.4 is 10.6 Å². The van der Waals surface area contributed by atoms with Crippen molar-refractivity contribution >= 4 is 18.0 Å². The van der Waals surface area contributed by atoms with Gasteiger partial charge in [-0.25, -0.2) is 9.59 Å². The molecule has 1 aliphatic carbocycles. The lowest BCUT2D eigenvalue weighted by atomic mass is 9.98. The third kappa shape index (κ3) is 5.82. The number of carbonyl (C=O) groups excluding carboxylic acids is 2. The second kappa shape index (κ2) is 10.9. The van der Waals surface area contributed by atoms with Gasteiger partial charge in [-0.3, -0.25) is 4.79 Å². The Morgan fingerprint density at radius 2 is 1.66 bits per heavy atom. The van der Waals surface area contributed by atoms with Gasteiger partial charge in [0.25, 0.3) is 0 Å². The summed E-state index contributed by atoms with van der Waals surface area (Å²) in [6.45, 7) is 4.32. The first-order valence-corrected chi connectivity index (χ1v) is 12.1. The number of fused-ring (bicyclic) bond motifs is 3. The van der Waals surface area contributed by atoms with Crippen LogP contribution in [0.25, 0.3) is 11.1 Å². The minimum atomic E-state index is -0.981. The summed E-state index contributed by atoms with van der Waals surface area (Å²) in [6.07, 6.45) is -0.557. The number of nitrogens with one attached hydrogen (secondary N) is 2. The van der Waals surface area contributed by atoms with Crippen LogP contribution in [0.1, 0.15) is 50.2 Å². The SMILES string of the molecule is CC(C)C(CC(=O)NCC1CCC(C(=O)O)O1)NC(=O)OCC1c2ccccc2-c2ccccc21. The summed E-state index contributed by atoms with van der Waals surface area (Å²) in [6, 6.07) is 15.9. The van der Waals surface area contributed by atoms with Gasteiger partial charge in [0.05, 0.1) is 6.10 Å². The Labute approximate surface area is 205 Å². The normalized spacial score (nSPS) is 19.6. The number of carboxylic acids is 1. The predicted octanol–water partition coefficient (Wildman–Crippen LogP) is 3.69. The van der Waals surface area contributed by atoms with Gasteiger partial charge < -0.3 is 25.2 Å². The predicted molar refractivity (Wildman–Crippen MR) is 130 cm³/mol. The molecule has 0 radical (unpaired) electrons. The number of carbonyl (C=O) groups is 3. The fraction of sp³-hybridized carbons (Fsp3) is 0.444. The van der Waals surface area contributed by atoms with Crippen molar-refractivity contribution in [1.29, 1.82) is 0 Å². The second-order valence-corrected chi connectivity index (χ2v) is 9.49. The highest BCUT2D eigenvalue weighted by Gasteiger charge is 2.31. The standard InChI is InChI=1S/C27H32N2O6/c1-16(2)23(13-25(30)28-14-17-11-12-24(35-17)26(31)32)29-27(33)34-15-22-20-9-5-3-7-18(20)19-8-4-6-10-21(19)22/h3-10,16-17,22-24H,11-15H2,1-2H3,(H,28,30)(H,29,33)(H,31,32). The Morgan fingerprint density at radius 1 is 1.03 bits per heavy atom. The van der Waals surface area contributed by atoms with Gasteiger partial charge in [-0.1, -0.05) is 62.4 Å². The molecule has 4 rings (SSSR count). The van der Waals surface area contributed by atoms with Crippen molar-refractivity contribution in [2.75, 3.05) is 13.2 Å². The molecular formula is C27H32N2O6. The molecule has 186 valence electrons. The van der Waals surface area contributed by atoms with E-state index >= 15 is 0 Å². The van der Waals surface area contributed by atoms with Crippen LogP contribution in [-0.4, -0.2) is 54.5 Å². The van der Waals surface area contributed by atoms with Crippen LogP contribution in [0.2, 0.25) is 0 Å². The highest BCUT2D eigenvalue weighted by molar-refractivity contribution is 5.79. The van der Waals surface area contributed by atoms with Crippen LogP contribution >= 0.6 is 0 Å². The molecule has 2 aromatic carbocycles. The monoisotopic (exact) mass is 480 g/mol. The second-order valence-electron chi connectivity index (χ2n) is 9.49. The topological polar surface area (TPSA) is 114 Å². The molecule has 35 heavy (non-hydrogen) atoms. The van der Waals surface area contributed by atoms with Crippen molar-refractivity contribution in [3.05, 3.63) is 59.7 Å². The number of alkyl carbamates (subject to hydrolysis) is 1. The molecule has 0 saturated carbocycles. The van der Waals surface area contributed by atoms with Crippen LogP contribution in [0.5, 0.6) is 0 Å². The van der Waals surface area contributed by atoms with Gasteiger partial charge in [-0.2, -0.15) is 0 Å². The summed E-state index contributed by atoms with van der Waals surface area (Å²) in [5.74, 6) is -1.23. The molecule has 8 nitrogen and oxygen atoms in total. The highest BCUT2D eigenvalue weighted by atomic mass is 16.5. The number of rotatable bonds is 9. The third-order valence-electron chi connectivity index (χ3n) is 6.77. The van der Waals surface area contributed by atoms with Crippen LogP contribution in [-0.2, 0) is 19.1 Å². The average molecular weight is 481 g/mol. The quantitative estimate of drug-likeness (QED) is 0.504. The first kappa shape index (κ1) is 24.7. The van der Waals surface area contributed by atoms with E-state index in [4.69, 9.17) is 14.6 Å². The van der Waals surface area contributed by atoms with Gasteiger partial charge >= 0.3 is 12.1 Å². The van der Waals surface area contributed by atoms with Crippen molar-refractivity contribution in [1.82, 2.24) is 10.6 Å². The van der Waals surface area contributed by atoms with Crippen molar-refractivity contribution in [2.24, 2.45) is 5.92 Å². The van der Waals surface area contributed by atoms with E-state index < -0.39 is 24.2 Å². The molecular weight excluding hydrogens is 448 g/mol. The van der Waals surface area contributed by atoms with Gasteiger partial charge in [-0.05, 0) is 41.0 Å². The molecule has 1 saturated heterocycles. The van der Waals surface area contributed by atoms with E-state index in [1.54, 1.807) is 0 Å². The first-order chi connectivity index (χ1) is 16.8. The number of aliphatic carboxylic acids is 1. The van der Waals surface area contributed by atoms with Gasteiger partial charge in [0.1, 0.15) is 6.61 Å². The number of amides is 2. The Bertz CT molecular complexity index is 1040. The molecule has 1 heterocycles. The molecule has 3 atom stereocenters. The molecule has 2 aromatic rings. The first-order valence-electron chi connectivity index (χ1n) is 12.1. The lowest BCUT2D eigenvalue weighted by Crippen LogP contribution is -2.43. The Balaban J connectivity index is 1.28. The lowest BCUT2D eigenvalue weighted by Gasteiger charge is -2.23. The van der Waals surface area contributed by atoms with E-state index in [2.05, 4.69) is 34.9 Å². The fourth-order valence-corrected chi connectivity index (χ4v) is 4.78. The molecule has 2 aliphatic rings. The summed E-state index contributed by atoms with van der Waals surface area (Å²) in [5, 5.41) is 14.6. The molecule has 0 spiro atoms. The maximum Gasteiger partial charge on any atom is 0.407 e. The summed E-state index contributed by atoms with van der Waals surface area (Å²) < 4.78 is 11.0. The summed E-state index contributed by atoms with van der Waals surface area (Å²) in [5.41, 5.74) is 4.60. The number of ether oxygens (including phenoxy) is 2. The molecule has 8 heteroatoms.